The molecule has 0 aromatic rings. The van der Waals surface area contributed by atoms with Crippen LogP contribution in [0.4, 0.5) is 0 Å². The third-order valence-corrected chi connectivity index (χ3v) is 4.92. The van der Waals surface area contributed by atoms with Crippen molar-refractivity contribution >= 4 is 5.78 Å². The fourth-order valence-electron chi connectivity index (χ4n) is 4.22. The van der Waals surface area contributed by atoms with Gasteiger partial charge in [-0.2, -0.15) is 0 Å². The van der Waals surface area contributed by atoms with Crippen molar-refractivity contribution in [3.8, 4) is 0 Å². The highest BCUT2D eigenvalue weighted by Gasteiger charge is 2.65. The quantitative estimate of drug-likeness (QED) is 0.581. The Morgan fingerprint density at radius 3 is 2.42 bits per heavy atom. The highest BCUT2D eigenvalue weighted by Crippen LogP contribution is 2.67. The van der Waals surface area contributed by atoms with E-state index >= 15 is 0 Å². The first-order valence-corrected chi connectivity index (χ1v) is 5.32. The number of hydrogen-bond acceptors (Lipinski definition) is 1. The fourth-order valence-corrected chi connectivity index (χ4v) is 4.22. The molecule has 66 valence electrons. The van der Waals surface area contributed by atoms with E-state index in [1.807, 2.05) is 0 Å². The molecule has 12 heavy (non-hydrogen) atoms. The van der Waals surface area contributed by atoms with Gasteiger partial charge in [-0.1, -0.05) is 13.3 Å². The monoisotopic (exact) mass is 164 g/mol. The molecule has 0 aromatic heterocycles. The lowest BCUT2D eigenvalue weighted by atomic mass is 9.62. The van der Waals surface area contributed by atoms with E-state index in [9.17, 15) is 4.79 Å². The molecule has 3 aliphatic carbocycles. The zero-order valence-corrected chi connectivity index (χ0v) is 7.68. The van der Waals surface area contributed by atoms with Crippen LogP contribution in [0, 0.1) is 23.2 Å². The van der Waals surface area contributed by atoms with E-state index in [0.29, 0.717) is 23.0 Å². The van der Waals surface area contributed by atoms with Crippen molar-refractivity contribution in [2.24, 2.45) is 23.2 Å². The van der Waals surface area contributed by atoms with Crippen LogP contribution in [0.5, 0.6) is 0 Å². The topological polar surface area (TPSA) is 17.1 Å². The minimum absolute atomic E-state index is 0.512. The maximum Gasteiger partial charge on any atom is 0.139 e. The third kappa shape index (κ3) is 0.541. The summed E-state index contributed by atoms with van der Waals surface area (Å²) in [5.74, 6) is 2.47. The molecule has 0 unspecified atom stereocenters. The van der Waals surface area contributed by atoms with E-state index in [1.54, 1.807) is 0 Å². The first kappa shape index (κ1) is 7.11. The highest BCUT2D eigenvalue weighted by molar-refractivity contribution is 5.91. The summed E-state index contributed by atoms with van der Waals surface area (Å²) in [6, 6.07) is 0. The fraction of sp³-hybridized carbons (Fsp3) is 0.909. The largest absolute Gasteiger partial charge is 0.299 e. The predicted molar refractivity (Wildman–Crippen MR) is 46.7 cm³/mol. The van der Waals surface area contributed by atoms with Crippen LogP contribution in [0.2, 0.25) is 0 Å². The summed E-state index contributed by atoms with van der Waals surface area (Å²) in [6.07, 6.45) is 6.45. The molecule has 0 aliphatic heterocycles. The van der Waals surface area contributed by atoms with Crippen molar-refractivity contribution in [2.45, 2.75) is 39.0 Å². The van der Waals surface area contributed by atoms with Gasteiger partial charge in [0, 0.05) is 11.8 Å². The molecule has 0 heterocycles. The predicted octanol–water partition coefficient (Wildman–Crippen LogP) is 2.40. The van der Waals surface area contributed by atoms with Crippen LogP contribution in [-0.2, 0) is 4.79 Å². The van der Waals surface area contributed by atoms with Crippen LogP contribution in [0.3, 0.4) is 0 Å². The normalized spacial score (nSPS) is 55.4. The average Bonchev–Trinajstić information content (AvgIpc) is 2.53. The Kier molecular flexibility index (Phi) is 1.15. The number of rotatable bonds is 1. The Morgan fingerprint density at radius 2 is 1.92 bits per heavy atom. The molecule has 3 aliphatic rings. The van der Waals surface area contributed by atoms with Crippen LogP contribution < -0.4 is 0 Å². The van der Waals surface area contributed by atoms with Crippen molar-refractivity contribution in [1.29, 1.82) is 0 Å². The molecule has 3 saturated carbocycles. The Labute approximate surface area is 73.5 Å². The van der Waals surface area contributed by atoms with Crippen molar-refractivity contribution in [1.82, 2.24) is 0 Å². The molecule has 0 N–H and O–H groups in total. The summed E-state index contributed by atoms with van der Waals surface area (Å²) in [6.45, 7) is 2.31. The lowest BCUT2D eigenvalue weighted by Gasteiger charge is -2.40. The number of carbonyl (C=O) groups excluding carboxylic acids is 1. The molecule has 3 rings (SSSR count). The van der Waals surface area contributed by atoms with Gasteiger partial charge in [-0.05, 0) is 37.0 Å². The second-order valence-electron chi connectivity index (χ2n) is 4.93. The summed E-state index contributed by atoms with van der Waals surface area (Å²) in [5.41, 5.74) is 0.628. The Balaban J connectivity index is 1.99. The molecular formula is C11H16O. The molecule has 0 radical (unpaired) electrons. The van der Waals surface area contributed by atoms with Gasteiger partial charge in [-0.15, -0.1) is 0 Å². The molecule has 4 atom stereocenters. The maximum absolute atomic E-state index is 11.6. The third-order valence-electron chi connectivity index (χ3n) is 4.92. The van der Waals surface area contributed by atoms with Crippen LogP contribution in [0.25, 0.3) is 0 Å². The molecule has 0 saturated heterocycles. The van der Waals surface area contributed by atoms with Crippen LogP contribution in [-0.4, -0.2) is 5.78 Å². The van der Waals surface area contributed by atoms with Gasteiger partial charge in [0.1, 0.15) is 5.78 Å². The molecule has 0 aromatic carbocycles. The lowest BCUT2D eigenvalue weighted by molar-refractivity contribution is -0.141. The van der Waals surface area contributed by atoms with Gasteiger partial charge in [0.2, 0.25) is 0 Å². The SMILES string of the molecule is CC[C@]12CC[C@@H]3C(=O)[C@H](CC1)[C@@H]32. The summed E-state index contributed by atoms with van der Waals surface area (Å²) < 4.78 is 0. The maximum atomic E-state index is 11.6. The van der Waals surface area contributed by atoms with Gasteiger partial charge in [0.05, 0.1) is 0 Å². The minimum atomic E-state index is 0.512. The standard InChI is InChI=1S/C11H16O/c1-2-11-5-3-7-9(11)8(4-6-11)10(7)12/h7-9H,2-6H2,1H3/t7-,8+,9+,11-. The van der Waals surface area contributed by atoms with E-state index in [4.69, 9.17) is 0 Å². The Hall–Kier alpha value is -0.330. The lowest BCUT2D eigenvalue weighted by Crippen LogP contribution is -2.45. The van der Waals surface area contributed by atoms with Crippen LogP contribution >= 0.6 is 0 Å². The Bertz CT molecular complexity index is 225. The number of ketones is 1. The van der Waals surface area contributed by atoms with Gasteiger partial charge < -0.3 is 0 Å². The summed E-state index contributed by atoms with van der Waals surface area (Å²) >= 11 is 0. The van der Waals surface area contributed by atoms with Gasteiger partial charge in [0.25, 0.3) is 0 Å². The molecule has 3 fully saturated rings. The molecule has 1 heteroatoms. The minimum Gasteiger partial charge on any atom is -0.299 e. The zero-order valence-electron chi connectivity index (χ0n) is 7.68. The first-order chi connectivity index (χ1) is 5.78. The van der Waals surface area contributed by atoms with Gasteiger partial charge in [0.15, 0.2) is 0 Å². The van der Waals surface area contributed by atoms with Crippen LogP contribution in [0.15, 0.2) is 0 Å². The van der Waals surface area contributed by atoms with Crippen molar-refractivity contribution in [3.05, 3.63) is 0 Å². The van der Waals surface area contributed by atoms with Gasteiger partial charge >= 0.3 is 0 Å². The zero-order chi connectivity index (χ0) is 8.34. The van der Waals surface area contributed by atoms with E-state index in [1.165, 1.54) is 32.1 Å². The smallest absolute Gasteiger partial charge is 0.139 e. The van der Waals surface area contributed by atoms with Gasteiger partial charge in [-0.3, -0.25) is 4.79 Å². The average molecular weight is 164 g/mol. The summed E-state index contributed by atoms with van der Waals surface area (Å²) in [7, 11) is 0. The molecule has 0 bridgehead atoms. The second kappa shape index (κ2) is 1.94. The first-order valence-electron chi connectivity index (χ1n) is 5.32. The summed E-state index contributed by atoms with van der Waals surface area (Å²) in [5, 5.41) is 0. The number of carbonyl (C=O) groups is 1. The number of hydrogen-bond donors (Lipinski definition) is 0. The van der Waals surface area contributed by atoms with E-state index in [0.717, 1.165) is 5.92 Å². The molecular weight excluding hydrogens is 148 g/mol. The van der Waals surface area contributed by atoms with Crippen molar-refractivity contribution in [2.75, 3.05) is 0 Å². The molecule has 0 spiro atoms. The van der Waals surface area contributed by atoms with Crippen LogP contribution in [0.1, 0.15) is 39.0 Å². The van der Waals surface area contributed by atoms with E-state index in [-0.39, 0.29) is 0 Å². The second-order valence-corrected chi connectivity index (χ2v) is 4.93. The van der Waals surface area contributed by atoms with Crippen molar-refractivity contribution in [3.63, 3.8) is 0 Å². The van der Waals surface area contributed by atoms with E-state index < -0.39 is 0 Å². The summed E-state index contributed by atoms with van der Waals surface area (Å²) in [4.78, 5) is 11.6. The molecule has 1 nitrogen and oxygen atoms in total. The van der Waals surface area contributed by atoms with Crippen molar-refractivity contribution < 1.29 is 4.79 Å². The van der Waals surface area contributed by atoms with Gasteiger partial charge in [-0.25, -0.2) is 0 Å². The number of Topliss-reactive ketones (excluding diaryl/α,β-unsaturated/α-hetero) is 1. The highest BCUT2D eigenvalue weighted by atomic mass is 16.1. The van der Waals surface area contributed by atoms with E-state index in [2.05, 4.69) is 6.92 Å². The Morgan fingerprint density at radius 1 is 1.33 bits per heavy atom. The molecule has 0 amide bonds.